The van der Waals surface area contributed by atoms with Crippen LogP contribution in [0, 0.1) is 6.92 Å². The fraction of sp³-hybridized carbons (Fsp3) is 0.421. The summed E-state index contributed by atoms with van der Waals surface area (Å²) < 4.78 is 6.34. The smallest absolute Gasteiger partial charge is 0.254 e. The highest BCUT2D eigenvalue weighted by molar-refractivity contribution is 7.55. The summed E-state index contributed by atoms with van der Waals surface area (Å²) in [4.78, 5) is 19.7. The molecule has 0 spiro atoms. The van der Waals surface area contributed by atoms with Gasteiger partial charge in [-0.3, -0.25) is 4.79 Å². The van der Waals surface area contributed by atoms with Gasteiger partial charge in [-0.1, -0.05) is 23.2 Å². The largest absolute Gasteiger partial charge is 0.327 e. The molecule has 158 valence electrons. The summed E-state index contributed by atoms with van der Waals surface area (Å²) in [7, 11) is -0.105. The fourth-order valence-electron chi connectivity index (χ4n) is 3.53. The van der Waals surface area contributed by atoms with Crippen molar-refractivity contribution in [2.24, 2.45) is 0 Å². The molecular weight excluding hydrogens is 462 g/mol. The van der Waals surface area contributed by atoms with Crippen molar-refractivity contribution in [3.8, 4) is 10.8 Å². The lowest BCUT2D eigenvalue weighted by Crippen LogP contribution is -2.42. The van der Waals surface area contributed by atoms with Gasteiger partial charge >= 0.3 is 0 Å². The molecule has 1 aromatic carbocycles. The first-order chi connectivity index (χ1) is 14.3. The van der Waals surface area contributed by atoms with Crippen molar-refractivity contribution in [2.75, 3.05) is 26.0 Å². The molecule has 3 heterocycles. The molecule has 1 atom stereocenters. The van der Waals surface area contributed by atoms with E-state index >= 15 is 0 Å². The number of hydrogen-bond acceptors (Lipinski definition) is 6. The molecule has 7 nitrogen and oxygen atoms in total. The number of halogens is 2. The summed E-state index contributed by atoms with van der Waals surface area (Å²) in [6.45, 7) is 7.50. The molecule has 0 radical (unpaired) electrons. The highest BCUT2D eigenvalue weighted by Crippen LogP contribution is 2.36. The number of aryl methyl sites for hydroxylation is 1. The monoisotopic (exact) mass is 482 g/mol. The number of nitrogens with zero attached hydrogens (tertiary/aromatic N) is 6. The third-order valence-electron chi connectivity index (χ3n) is 5.01. The Hall–Kier alpha value is -1.60. The average Bonchev–Trinajstić information content (AvgIpc) is 3.33. The maximum atomic E-state index is 13.4. The van der Waals surface area contributed by atoms with Gasteiger partial charge in [0, 0.05) is 18.7 Å². The zero-order valence-electron chi connectivity index (χ0n) is 16.8. The first kappa shape index (κ1) is 21.6. The molecule has 1 amide bonds. The van der Waals surface area contributed by atoms with Gasteiger partial charge in [0.25, 0.3) is 5.91 Å². The highest BCUT2D eigenvalue weighted by atomic mass is 35.5. The van der Waals surface area contributed by atoms with Crippen molar-refractivity contribution >= 4 is 48.6 Å². The lowest BCUT2D eigenvalue weighted by atomic mass is 10.1. The number of fused-ring (bicyclic) bond motifs is 1. The summed E-state index contributed by atoms with van der Waals surface area (Å²) in [6.07, 6.45) is 1.87. The van der Waals surface area contributed by atoms with Gasteiger partial charge in [0.15, 0.2) is 16.7 Å². The Balaban J connectivity index is 1.69. The topological polar surface area (TPSA) is 76.8 Å². The van der Waals surface area contributed by atoms with Crippen LogP contribution in [0.15, 0.2) is 18.2 Å². The van der Waals surface area contributed by atoms with Crippen LogP contribution in [-0.4, -0.2) is 61.0 Å². The Morgan fingerprint density at radius 1 is 1.23 bits per heavy atom. The maximum Gasteiger partial charge on any atom is 0.254 e. The molecular formula is C19H21Cl2N6OPS. The highest BCUT2D eigenvalue weighted by Gasteiger charge is 2.35. The molecule has 1 unspecified atom stereocenters. The van der Waals surface area contributed by atoms with Crippen molar-refractivity contribution in [1.82, 2.24) is 29.0 Å². The van der Waals surface area contributed by atoms with E-state index < -0.39 is 0 Å². The minimum atomic E-state index is -0.152. The van der Waals surface area contributed by atoms with Crippen LogP contribution in [0.2, 0.25) is 10.0 Å². The second kappa shape index (κ2) is 8.87. The first-order valence-electron chi connectivity index (χ1n) is 9.49. The van der Waals surface area contributed by atoms with Crippen molar-refractivity contribution in [3.63, 3.8) is 0 Å². The van der Waals surface area contributed by atoms with Crippen LogP contribution in [-0.2, 0) is 6.54 Å². The second-order valence-corrected chi connectivity index (χ2v) is 11.6. The Bertz CT molecular complexity index is 1080. The van der Waals surface area contributed by atoms with Gasteiger partial charge < -0.3 is 9.47 Å². The van der Waals surface area contributed by atoms with Crippen molar-refractivity contribution in [3.05, 3.63) is 45.5 Å². The van der Waals surface area contributed by atoms with E-state index in [2.05, 4.69) is 37.5 Å². The zero-order valence-corrected chi connectivity index (χ0v) is 20.1. The van der Waals surface area contributed by atoms with Gasteiger partial charge in [-0.25, -0.2) is 4.98 Å². The third kappa shape index (κ3) is 4.24. The molecule has 3 aromatic rings. The number of carbonyl (C=O) groups is 1. The molecule has 0 N–H and O–H groups in total. The number of aromatic nitrogens is 5. The van der Waals surface area contributed by atoms with Crippen molar-refractivity contribution in [2.45, 2.75) is 25.9 Å². The van der Waals surface area contributed by atoms with E-state index in [4.69, 9.17) is 23.2 Å². The Morgan fingerprint density at radius 3 is 2.70 bits per heavy atom. The number of amides is 1. The van der Waals surface area contributed by atoms with E-state index in [9.17, 15) is 4.79 Å². The molecule has 30 heavy (non-hydrogen) atoms. The normalized spacial score (nSPS) is 16.2. The van der Waals surface area contributed by atoms with Crippen LogP contribution in [0.5, 0.6) is 0 Å². The Labute approximate surface area is 190 Å². The molecule has 1 aliphatic rings. The summed E-state index contributed by atoms with van der Waals surface area (Å²) >= 11 is 13.5. The van der Waals surface area contributed by atoms with Gasteiger partial charge in [-0.15, -0.1) is 18.1 Å². The summed E-state index contributed by atoms with van der Waals surface area (Å²) in [5.74, 6) is 2.17. The predicted molar refractivity (Wildman–Crippen MR) is 122 cm³/mol. The van der Waals surface area contributed by atoms with E-state index in [0.29, 0.717) is 28.7 Å². The van der Waals surface area contributed by atoms with E-state index in [1.165, 1.54) is 11.5 Å². The quantitative estimate of drug-likeness (QED) is 0.490. The van der Waals surface area contributed by atoms with Crippen LogP contribution in [0.4, 0.5) is 0 Å². The number of hydrogen-bond donors (Lipinski definition) is 0. The van der Waals surface area contributed by atoms with Gasteiger partial charge in [0.05, 0.1) is 16.1 Å². The number of benzene rings is 1. The standard InChI is InChI=1S/C19H21Cl2N6OPS/c1-11-22-18(30-25-11)17-24-23-16-15(6-9-29(2)3)26(7-8-27(16)17)19(28)12-4-5-13(20)14(21)10-12/h4-5,10,15H,6-9H2,1-3H3. The predicted octanol–water partition coefficient (Wildman–Crippen LogP) is 4.74. The summed E-state index contributed by atoms with van der Waals surface area (Å²) in [6, 6.07) is 4.85. The molecule has 0 fully saturated rings. The van der Waals surface area contributed by atoms with E-state index in [-0.39, 0.29) is 19.9 Å². The van der Waals surface area contributed by atoms with Gasteiger partial charge in [0.1, 0.15) is 5.82 Å². The van der Waals surface area contributed by atoms with Gasteiger partial charge in [-0.05, 0) is 62.6 Å². The van der Waals surface area contributed by atoms with E-state index in [0.717, 1.165) is 35.1 Å². The molecule has 0 bridgehead atoms. The minimum absolute atomic E-state index is 0.0716. The van der Waals surface area contributed by atoms with Crippen LogP contribution < -0.4 is 0 Å². The molecule has 0 aliphatic carbocycles. The number of rotatable bonds is 5. The molecule has 11 heteroatoms. The van der Waals surface area contributed by atoms with Crippen LogP contribution in [0.25, 0.3) is 10.8 Å². The van der Waals surface area contributed by atoms with Crippen LogP contribution in [0.3, 0.4) is 0 Å². The van der Waals surface area contributed by atoms with E-state index in [1.807, 2.05) is 11.8 Å². The van der Waals surface area contributed by atoms with E-state index in [1.54, 1.807) is 18.2 Å². The molecule has 1 aliphatic heterocycles. The van der Waals surface area contributed by atoms with Gasteiger partial charge in [0.2, 0.25) is 0 Å². The molecule has 2 aromatic heterocycles. The fourth-order valence-corrected chi connectivity index (χ4v) is 5.26. The minimum Gasteiger partial charge on any atom is -0.327 e. The average molecular weight is 483 g/mol. The van der Waals surface area contributed by atoms with Crippen LogP contribution in [0.1, 0.15) is 34.5 Å². The number of carbonyl (C=O) groups excluding carboxylic acids is 1. The lowest BCUT2D eigenvalue weighted by molar-refractivity contribution is 0.0612. The molecule has 4 rings (SSSR count). The Morgan fingerprint density at radius 2 is 2.03 bits per heavy atom. The lowest BCUT2D eigenvalue weighted by Gasteiger charge is -2.36. The zero-order chi connectivity index (χ0) is 21.4. The first-order valence-corrected chi connectivity index (χ1v) is 13.4. The Kier molecular flexibility index (Phi) is 6.39. The third-order valence-corrected chi connectivity index (χ3v) is 7.71. The van der Waals surface area contributed by atoms with Gasteiger partial charge in [-0.2, -0.15) is 4.37 Å². The van der Waals surface area contributed by atoms with Crippen molar-refractivity contribution < 1.29 is 4.79 Å². The summed E-state index contributed by atoms with van der Waals surface area (Å²) in [5.41, 5.74) is 0.526. The molecule has 0 saturated carbocycles. The van der Waals surface area contributed by atoms with Crippen molar-refractivity contribution in [1.29, 1.82) is 0 Å². The maximum absolute atomic E-state index is 13.4. The second-order valence-electron chi connectivity index (χ2n) is 7.42. The van der Waals surface area contributed by atoms with Crippen LogP contribution >= 0.6 is 42.7 Å². The summed E-state index contributed by atoms with van der Waals surface area (Å²) in [5, 5.41) is 10.4. The SMILES string of the molecule is Cc1nsc(-c2nnc3n2CCN(C(=O)c2ccc(Cl)c(Cl)c2)C3CCP(C)C)n1. The molecule has 0 saturated heterocycles.